The largest absolute Gasteiger partial charge is 0.396 e. The molecule has 0 aliphatic carbocycles. The van der Waals surface area contributed by atoms with Gasteiger partial charge in [-0.05, 0) is 43.4 Å². The Hall–Kier alpha value is -3.75. The molecule has 4 aliphatic heterocycles. The van der Waals surface area contributed by atoms with Crippen LogP contribution in [0.15, 0.2) is 72.8 Å². The summed E-state index contributed by atoms with van der Waals surface area (Å²) >= 11 is 0. The molecule has 2 aromatic rings. The van der Waals surface area contributed by atoms with Gasteiger partial charge in [0.05, 0.1) is 17.9 Å². The monoisotopic (exact) mass is 583 g/mol. The Morgan fingerprint density at radius 2 is 1.60 bits per heavy atom. The quantitative estimate of drug-likeness (QED) is 0.357. The van der Waals surface area contributed by atoms with Crippen LogP contribution >= 0.6 is 0 Å². The summed E-state index contributed by atoms with van der Waals surface area (Å²) in [6.45, 7) is 5.76. The number of likely N-dealkylation sites (tertiary alicyclic amines) is 1. The summed E-state index contributed by atoms with van der Waals surface area (Å²) in [5, 5.41) is 9.22. The number of unbranched alkanes of at least 4 members (excludes halogenated alkanes) is 3. The first kappa shape index (κ1) is 29.3. The number of nitrogens with zero attached hydrogens (tertiary/aromatic N) is 3. The molecule has 2 saturated heterocycles. The van der Waals surface area contributed by atoms with Crippen LogP contribution in [0.1, 0.15) is 42.4 Å². The number of aliphatic hydroxyl groups excluding tert-OH is 1. The van der Waals surface area contributed by atoms with Crippen molar-refractivity contribution in [2.24, 2.45) is 11.8 Å². The molecule has 3 amide bonds. The molecule has 43 heavy (non-hydrogen) atoms. The van der Waals surface area contributed by atoms with Crippen LogP contribution in [0.4, 0.5) is 5.69 Å². The van der Waals surface area contributed by atoms with Gasteiger partial charge in [0.25, 0.3) is 5.91 Å². The van der Waals surface area contributed by atoms with Gasteiger partial charge in [0, 0.05) is 38.5 Å². The number of anilines is 1. The van der Waals surface area contributed by atoms with Gasteiger partial charge in [0.2, 0.25) is 11.8 Å². The summed E-state index contributed by atoms with van der Waals surface area (Å²) in [6.07, 6.45) is 10.2. The molecule has 2 aromatic carbocycles. The molecule has 1 N–H and O–H groups in total. The minimum atomic E-state index is -1.24. The topological polar surface area (TPSA) is 90.4 Å². The van der Waals surface area contributed by atoms with Crippen molar-refractivity contribution in [1.29, 1.82) is 0 Å². The Balaban J connectivity index is 1.38. The zero-order valence-corrected chi connectivity index (χ0v) is 25.0. The van der Waals surface area contributed by atoms with E-state index in [1.807, 2.05) is 86.7 Å². The molecule has 8 heteroatoms. The lowest BCUT2D eigenvalue weighted by molar-refractivity contribution is -0.144. The second kappa shape index (κ2) is 12.1. The number of benzene rings is 2. The normalized spacial score (nSPS) is 28.2. The maximum absolute atomic E-state index is 14.7. The van der Waals surface area contributed by atoms with E-state index in [4.69, 9.17) is 4.74 Å². The second-order valence-corrected chi connectivity index (χ2v) is 12.2. The Morgan fingerprint density at radius 3 is 2.35 bits per heavy atom. The molecule has 0 radical (unpaired) electrons. The zero-order chi connectivity index (χ0) is 30.1. The van der Waals surface area contributed by atoms with Gasteiger partial charge in [-0.15, -0.1) is 0 Å². The third-order valence-electron chi connectivity index (χ3n) is 9.47. The van der Waals surface area contributed by atoms with Gasteiger partial charge in [0.1, 0.15) is 11.6 Å². The number of hydrogen-bond donors (Lipinski definition) is 1. The van der Waals surface area contributed by atoms with E-state index in [2.05, 4.69) is 0 Å². The average molecular weight is 584 g/mol. The van der Waals surface area contributed by atoms with Gasteiger partial charge in [-0.3, -0.25) is 14.4 Å². The summed E-state index contributed by atoms with van der Waals surface area (Å²) < 4.78 is 6.81. The van der Waals surface area contributed by atoms with Crippen LogP contribution in [0.3, 0.4) is 0 Å². The molecular weight excluding hydrogens is 542 g/mol. The summed E-state index contributed by atoms with van der Waals surface area (Å²) in [7, 11) is 0. The molecule has 2 fully saturated rings. The van der Waals surface area contributed by atoms with Crippen LogP contribution in [0.25, 0.3) is 0 Å². The van der Waals surface area contributed by atoms with E-state index in [0.29, 0.717) is 39.0 Å². The Labute approximate surface area is 253 Å². The van der Waals surface area contributed by atoms with Crippen LogP contribution in [0.5, 0.6) is 0 Å². The van der Waals surface area contributed by atoms with Crippen LogP contribution in [-0.4, -0.2) is 76.6 Å². The number of aliphatic hydroxyl groups is 1. The van der Waals surface area contributed by atoms with Gasteiger partial charge in [-0.1, -0.05) is 85.7 Å². The number of carbonyl (C=O) groups is 3. The van der Waals surface area contributed by atoms with Crippen LogP contribution in [-0.2, 0) is 25.7 Å². The standard InChI is InChI=1S/C35H41N3O5/c1-24-13-10-14-25(2)30(24)37-21-12-18-35-29(33(41)38(31(35)34(37)42)20-8-3-4-9-22-39)28-27(43-35)17-11-19-36(32(28)40)23-26-15-6-5-7-16-26/h5-7,10-18,27-29,31,39H,3-4,8-9,19-23H2,1-2H3/t27-,28+,29-,31?,35-/m0/s1. The van der Waals surface area contributed by atoms with Crippen molar-refractivity contribution >= 4 is 23.4 Å². The molecule has 0 aromatic heterocycles. The van der Waals surface area contributed by atoms with Crippen molar-refractivity contribution in [2.75, 3.05) is 31.1 Å². The smallest absolute Gasteiger partial charge is 0.253 e. The average Bonchev–Trinajstić information content (AvgIpc) is 3.31. The first-order valence-electron chi connectivity index (χ1n) is 15.5. The highest BCUT2D eigenvalue weighted by molar-refractivity contribution is 6.06. The van der Waals surface area contributed by atoms with Crippen LogP contribution < -0.4 is 4.90 Å². The van der Waals surface area contributed by atoms with E-state index < -0.39 is 29.6 Å². The van der Waals surface area contributed by atoms with E-state index in [-0.39, 0.29) is 24.3 Å². The van der Waals surface area contributed by atoms with Gasteiger partial charge in [-0.25, -0.2) is 0 Å². The summed E-state index contributed by atoms with van der Waals surface area (Å²) in [4.78, 5) is 48.7. The number of carbonyl (C=O) groups excluding carboxylic acids is 3. The van der Waals surface area contributed by atoms with E-state index in [1.54, 1.807) is 14.7 Å². The fraction of sp³-hybridized carbons (Fsp3) is 0.457. The molecule has 4 aliphatic rings. The minimum absolute atomic E-state index is 0.116. The lowest BCUT2D eigenvalue weighted by Crippen LogP contribution is -2.55. The summed E-state index contributed by atoms with van der Waals surface area (Å²) in [5.74, 6) is -2.01. The van der Waals surface area contributed by atoms with E-state index in [9.17, 15) is 19.5 Å². The molecule has 226 valence electrons. The van der Waals surface area contributed by atoms with Crippen molar-refractivity contribution in [2.45, 2.75) is 63.8 Å². The number of ether oxygens (including phenoxy) is 1. The molecule has 4 heterocycles. The maximum atomic E-state index is 14.7. The number of rotatable bonds is 9. The number of amides is 3. The number of aryl methyl sites for hydroxylation is 2. The molecule has 5 atom stereocenters. The van der Waals surface area contributed by atoms with Crippen molar-refractivity contribution < 1.29 is 24.2 Å². The molecule has 6 rings (SSSR count). The molecule has 8 nitrogen and oxygen atoms in total. The van der Waals surface area contributed by atoms with Gasteiger partial charge < -0.3 is 24.5 Å². The Bertz CT molecular complexity index is 1420. The fourth-order valence-corrected chi connectivity index (χ4v) is 7.55. The highest BCUT2D eigenvalue weighted by Gasteiger charge is 2.71. The van der Waals surface area contributed by atoms with Gasteiger partial charge in [0.15, 0.2) is 0 Å². The number of hydrogen-bond acceptors (Lipinski definition) is 5. The SMILES string of the molecule is Cc1cccc(C)c1N1CC=C[C@]23O[C@H]4C=CCN(Cc5ccccc5)C(=O)[C@H]4[C@H]2C(=O)N(CCCCCCO)C3C1=O. The second-order valence-electron chi connectivity index (χ2n) is 12.2. The Morgan fingerprint density at radius 1 is 0.860 bits per heavy atom. The third-order valence-corrected chi connectivity index (χ3v) is 9.47. The van der Waals surface area contributed by atoms with Crippen LogP contribution in [0.2, 0.25) is 0 Å². The molecule has 0 saturated carbocycles. The number of para-hydroxylation sites is 1. The minimum Gasteiger partial charge on any atom is -0.396 e. The molecule has 1 unspecified atom stereocenters. The molecular formula is C35H41N3O5. The van der Waals surface area contributed by atoms with Crippen LogP contribution in [0, 0.1) is 25.7 Å². The zero-order valence-electron chi connectivity index (χ0n) is 25.0. The highest BCUT2D eigenvalue weighted by Crippen LogP contribution is 2.54. The van der Waals surface area contributed by atoms with Crippen molar-refractivity contribution in [3.8, 4) is 0 Å². The maximum Gasteiger partial charge on any atom is 0.253 e. The highest BCUT2D eigenvalue weighted by atomic mass is 16.5. The summed E-state index contributed by atoms with van der Waals surface area (Å²) in [6, 6.07) is 14.9. The summed E-state index contributed by atoms with van der Waals surface area (Å²) in [5.41, 5.74) is 2.61. The lowest BCUT2D eigenvalue weighted by atomic mass is 9.77. The van der Waals surface area contributed by atoms with E-state index in [1.165, 1.54) is 0 Å². The molecule has 1 spiro atoms. The van der Waals surface area contributed by atoms with E-state index >= 15 is 0 Å². The predicted octanol–water partition coefficient (Wildman–Crippen LogP) is 3.94. The third kappa shape index (κ3) is 5.10. The lowest BCUT2D eigenvalue weighted by Gasteiger charge is -2.36. The number of fused-ring (bicyclic) bond motifs is 2. The molecule has 0 bridgehead atoms. The first-order valence-corrected chi connectivity index (χ1v) is 15.5. The van der Waals surface area contributed by atoms with Crippen molar-refractivity contribution in [1.82, 2.24) is 9.80 Å². The fourth-order valence-electron chi connectivity index (χ4n) is 7.55. The van der Waals surface area contributed by atoms with Crippen molar-refractivity contribution in [3.05, 3.63) is 89.5 Å². The van der Waals surface area contributed by atoms with Gasteiger partial charge in [-0.2, -0.15) is 0 Å². The Kier molecular flexibility index (Phi) is 8.25. The van der Waals surface area contributed by atoms with E-state index in [0.717, 1.165) is 35.2 Å². The van der Waals surface area contributed by atoms with Gasteiger partial charge >= 0.3 is 0 Å². The van der Waals surface area contributed by atoms with Crippen molar-refractivity contribution in [3.63, 3.8) is 0 Å². The first-order chi connectivity index (χ1) is 20.9. The predicted molar refractivity (Wildman–Crippen MR) is 164 cm³/mol.